The number of anilines is 12. The van der Waals surface area contributed by atoms with Gasteiger partial charge in [0.25, 0.3) is 25.7 Å². The molecule has 8 aromatic heterocycles. The van der Waals surface area contributed by atoms with Crippen molar-refractivity contribution in [3.8, 4) is 45.2 Å². The first-order chi connectivity index (χ1) is 58.4. The fourth-order valence-corrected chi connectivity index (χ4v) is 18.4. The zero-order chi connectivity index (χ0) is 82.7. The summed E-state index contributed by atoms with van der Waals surface area (Å²) in [5, 5.41) is 0. The number of thioether (sulfide) groups is 1. The third-order valence-electron chi connectivity index (χ3n) is 23.4. The standard InChI is InChI=1S/C22H26F2N6O2.C20H24F2N6O2.C19H23F2N7O2.C16H20F2N8OS/c23-21(24)16-5-19(25)26-7-17(16)18-6-20(29-12-1-2-13(29)9-31-8-12)28-22(27-18)30-14-3-4-15(30)11-32-10-14;21-19(22)14-7-17(23)24-9-15(14)16-8-18(27-3-5-29-6-4-27)26-20(25-16)28-12-1-2-13(28)11-30-10-12;20-17(21)16-13(8-23-18(22)26-16)14-7-15(27-3-5-29-6-4-27)25-19(24-14)28-11-1-2-12(28)10-30-9-11;17-12(18)11-10(9-20-14(19)21-11)13-22-15(25-1-5-27-6-2-25)24-16(23-13)26-3-7-28-8-4-26/h5-7,12-15,21H,1-4,8-11H2,(H2,25,26);7-9,12-13,19H,1-6,10-11H2,(H2,23,24);7-8,11-12,17H,1-6,9-10H2,(H2,22,23,26);9,12H,1-8H2,(H2,19,20,21). The Morgan fingerprint density at radius 1 is 0.308 bits per heavy atom. The number of nitrogen functional groups attached to an aromatic ring is 4. The van der Waals surface area contributed by atoms with Gasteiger partial charge in [0, 0.05) is 135 Å². The van der Waals surface area contributed by atoms with Gasteiger partial charge in [-0.1, -0.05) is 0 Å². The summed E-state index contributed by atoms with van der Waals surface area (Å²) >= 11 is 1.86. The molecular weight excluding hydrogens is 1600 g/mol. The van der Waals surface area contributed by atoms with Gasteiger partial charge in [0.2, 0.25) is 41.6 Å². The summed E-state index contributed by atoms with van der Waals surface area (Å²) in [6, 6.07) is 9.43. The average molecular weight is 1690 g/mol. The molecule has 640 valence electrons. The van der Waals surface area contributed by atoms with Crippen molar-refractivity contribution in [3.63, 3.8) is 0 Å². The summed E-state index contributed by atoms with van der Waals surface area (Å²) in [5.41, 5.74) is 23.2. The molecule has 12 fully saturated rings. The number of morpholine rings is 7. The van der Waals surface area contributed by atoms with Gasteiger partial charge in [-0.15, -0.1) is 0 Å². The van der Waals surface area contributed by atoms with Crippen LogP contribution in [0.2, 0.25) is 0 Å². The molecule has 8 bridgehead atoms. The zero-order valence-corrected chi connectivity index (χ0v) is 66.5. The molecule has 43 heteroatoms. The molecule has 0 spiro atoms. The van der Waals surface area contributed by atoms with Gasteiger partial charge < -0.3 is 95.3 Å². The van der Waals surface area contributed by atoms with Crippen molar-refractivity contribution in [1.82, 2.24) is 74.8 Å². The number of nitrogens with zero attached hydrogens (tertiary/aromatic N) is 23. The highest BCUT2D eigenvalue weighted by molar-refractivity contribution is 7.99. The van der Waals surface area contributed by atoms with Crippen LogP contribution in [0.15, 0.2) is 55.1 Å². The van der Waals surface area contributed by atoms with Crippen molar-refractivity contribution in [2.24, 2.45) is 0 Å². The fourth-order valence-electron chi connectivity index (χ4n) is 17.5. The van der Waals surface area contributed by atoms with Gasteiger partial charge in [-0.05, 0) is 63.5 Å². The van der Waals surface area contributed by atoms with E-state index in [0.717, 1.165) is 81.8 Å². The molecule has 0 aromatic carbocycles. The van der Waals surface area contributed by atoms with Crippen molar-refractivity contribution in [2.75, 3.05) is 218 Å². The molecule has 34 nitrogen and oxygen atoms in total. The molecule has 12 aliphatic heterocycles. The lowest BCUT2D eigenvalue weighted by atomic mass is 10.1. The van der Waals surface area contributed by atoms with Crippen LogP contribution >= 0.6 is 11.8 Å². The maximum absolute atomic E-state index is 13.9. The number of aromatic nitrogens is 15. The van der Waals surface area contributed by atoms with E-state index in [1.54, 1.807) is 12.1 Å². The zero-order valence-electron chi connectivity index (χ0n) is 65.6. The summed E-state index contributed by atoms with van der Waals surface area (Å²) in [4.78, 5) is 82.9. The predicted molar refractivity (Wildman–Crippen MR) is 431 cm³/mol. The van der Waals surface area contributed by atoms with Gasteiger partial charge in [-0.3, -0.25) is 0 Å². The summed E-state index contributed by atoms with van der Waals surface area (Å²) in [6.07, 6.45) is 2.47. The van der Waals surface area contributed by atoms with Crippen LogP contribution in [-0.2, 0) is 33.2 Å². The lowest BCUT2D eigenvalue weighted by Crippen LogP contribution is -2.48. The van der Waals surface area contributed by atoms with E-state index in [1.807, 2.05) is 27.6 Å². The first-order valence-electron chi connectivity index (χ1n) is 40.5. The van der Waals surface area contributed by atoms with Crippen molar-refractivity contribution < 1.29 is 68.3 Å². The molecule has 0 aliphatic carbocycles. The molecule has 120 heavy (non-hydrogen) atoms. The molecule has 8 aromatic rings. The highest BCUT2D eigenvalue weighted by atomic mass is 32.2. The van der Waals surface area contributed by atoms with Crippen LogP contribution in [0.5, 0.6) is 0 Å². The van der Waals surface area contributed by atoms with Gasteiger partial charge in [0.05, 0.1) is 163 Å². The molecule has 8 atom stereocenters. The largest absolute Gasteiger partial charge is 0.384 e. The topological polar surface area (TPSA) is 388 Å². The number of hydrogen-bond acceptors (Lipinski definition) is 35. The monoisotopic (exact) mass is 1690 g/mol. The Morgan fingerprint density at radius 3 is 1.02 bits per heavy atom. The normalized spacial score (nSPS) is 24.0. The van der Waals surface area contributed by atoms with E-state index in [9.17, 15) is 35.1 Å². The Kier molecular flexibility index (Phi) is 25.1. The first kappa shape index (κ1) is 82.1. The van der Waals surface area contributed by atoms with Crippen molar-refractivity contribution in [1.29, 1.82) is 0 Å². The Hall–Kier alpha value is -10.2. The maximum Gasteiger partial charge on any atom is 0.281 e. The van der Waals surface area contributed by atoms with Gasteiger partial charge in [0.15, 0.2) is 5.82 Å². The average Bonchev–Trinajstić information content (AvgIpc) is 1.52. The quantitative estimate of drug-likeness (QED) is 0.0666. The Labute approximate surface area is 689 Å². The van der Waals surface area contributed by atoms with E-state index in [1.165, 1.54) is 36.9 Å². The van der Waals surface area contributed by atoms with Crippen LogP contribution in [0.25, 0.3) is 45.2 Å². The number of rotatable bonds is 16. The minimum absolute atomic E-state index is 0.0583. The summed E-state index contributed by atoms with van der Waals surface area (Å²) < 4.78 is 149. The second-order valence-electron chi connectivity index (χ2n) is 30.9. The third-order valence-corrected chi connectivity index (χ3v) is 24.4. The van der Waals surface area contributed by atoms with Gasteiger partial charge in [0.1, 0.15) is 40.5 Å². The minimum Gasteiger partial charge on any atom is -0.384 e. The number of hydrogen-bond donors (Lipinski definition) is 4. The van der Waals surface area contributed by atoms with Gasteiger partial charge in [-0.25, -0.2) is 80.0 Å². The highest BCUT2D eigenvalue weighted by Crippen LogP contribution is 2.44. The minimum atomic E-state index is -2.82. The molecule has 0 saturated carbocycles. The fraction of sp³-hybridized carbons (Fsp3) is 0.571. The number of fused-ring (bicyclic) bond motifs is 8. The van der Waals surface area contributed by atoms with E-state index in [0.29, 0.717) is 196 Å². The molecule has 20 heterocycles. The van der Waals surface area contributed by atoms with E-state index in [4.69, 9.17) is 81.0 Å². The van der Waals surface area contributed by atoms with Crippen molar-refractivity contribution in [3.05, 3.63) is 77.6 Å². The number of halogens is 8. The van der Waals surface area contributed by atoms with E-state index in [2.05, 4.69) is 79.2 Å². The molecule has 0 amide bonds. The van der Waals surface area contributed by atoms with Crippen molar-refractivity contribution in [2.45, 2.75) is 125 Å². The van der Waals surface area contributed by atoms with E-state index >= 15 is 0 Å². The number of alkyl halides is 8. The Bertz CT molecular complexity index is 4600. The second kappa shape index (κ2) is 36.6. The molecule has 12 aliphatic rings. The SMILES string of the molecule is Nc1cc(C(F)F)c(-c2cc(N3C4CCC3COC4)nc(N3C4CCC3COC4)n2)cn1.Nc1cc(C(F)F)c(-c2cc(N3CCOCC3)nc(N3C4CCC3COC4)n2)cn1.Nc1ncc(-c2cc(N3CCOCC3)nc(N3C4CCC3COC4)n2)c(C(F)F)n1.Nc1ncc(-c2nc(N3CCOCC3)nc(N3CCSCC3)n2)c(C(F)F)n1. The Balaban J connectivity index is 0.000000114. The molecule has 8 N–H and O–H groups in total. The molecule has 12 saturated heterocycles. The lowest BCUT2D eigenvalue weighted by Gasteiger charge is -2.38. The maximum atomic E-state index is 13.9. The van der Waals surface area contributed by atoms with E-state index < -0.39 is 37.1 Å². The smallest absolute Gasteiger partial charge is 0.281 e. The van der Waals surface area contributed by atoms with Crippen molar-refractivity contribution >= 4 is 82.5 Å². The van der Waals surface area contributed by atoms with E-state index in [-0.39, 0.29) is 106 Å². The number of nitrogens with two attached hydrogens (primary N) is 4. The summed E-state index contributed by atoms with van der Waals surface area (Å²) in [7, 11) is 0. The van der Waals surface area contributed by atoms with Crippen LogP contribution in [0.3, 0.4) is 0 Å². The summed E-state index contributed by atoms with van der Waals surface area (Å²) in [6.45, 7) is 14.1. The van der Waals surface area contributed by atoms with Gasteiger partial charge >= 0.3 is 0 Å². The third kappa shape index (κ3) is 17.9. The van der Waals surface area contributed by atoms with Crippen LogP contribution in [0, 0.1) is 0 Å². The van der Waals surface area contributed by atoms with Gasteiger partial charge in [-0.2, -0.15) is 41.7 Å². The first-order valence-corrected chi connectivity index (χ1v) is 41.6. The number of ether oxygens (including phenoxy) is 7. The highest BCUT2D eigenvalue weighted by Gasteiger charge is 2.45. The van der Waals surface area contributed by atoms with Crippen LogP contribution < -0.4 is 62.1 Å². The molecule has 20 rings (SSSR count). The van der Waals surface area contributed by atoms with Crippen LogP contribution in [0.4, 0.5) is 106 Å². The van der Waals surface area contributed by atoms with Crippen LogP contribution in [0.1, 0.15) is 99.6 Å². The Morgan fingerprint density at radius 2 is 0.633 bits per heavy atom. The summed E-state index contributed by atoms with van der Waals surface area (Å²) in [5.74, 6) is 6.51. The lowest BCUT2D eigenvalue weighted by molar-refractivity contribution is 0.0888. The molecular formula is C77H93F8N27O7S. The molecule has 8 unspecified atom stereocenters. The van der Waals surface area contributed by atoms with Crippen LogP contribution in [-0.4, -0.2) is 279 Å². The number of pyridine rings is 2. The molecule has 0 radical (unpaired) electrons. The predicted octanol–water partition coefficient (Wildman–Crippen LogP) is 7.95. The second-order valence-corrected chi connectivity index (χ2v) is 32.1.